The summed E-state index contributed by atoms with van der Waals surface area (Å²) in [6, 6.07) is 6.87. The predicted molar refractivity (Wildman–Crippen MR) is 109 cm³/mol. The third-order valence-corrected chi connectivity index (χ3v) is 5.49. The van der Waals surface area contributed by atoms with Crippen LogP contribution in [-0.2, 0) is 17.9 Å². The zero-order valence-corrected chi connectivity index (χ0v) is 19.0. The van der Waals surface area contributed by atoms with Crippen molar-refractivity contribution in [2.24, 2.45) is 0 Å². The summed E-state index contributed by atoms with van der Waals surface area (Å²) in [5, 5.41) is 29.6. The summed E-state index contributed by atoms with van der Waals surface area (Å²) < 4.78 is 2.55. The van der Waals surface area contributed by atoms with Crippen molar-refractivity contribution in [3.05, 3.63) is 53.3 Å². The zero-order valence-electron chi connectivity index (χ0n) is 12.6. The Labute approximate surface area is 178 Å². The molecule has 5 nitrogen and oxygen atoms in total. The summed E-state index contributed by atoms with van der Waals surface area (Å²) in [5.41, 5.74) is 1.13. The van der Waals surface area contributed by atoms with E-state index in [0.717, 1.165) is 8.95 Å². The highest BCUT2D eigenvalue weighted by Gasteiger charge is 2.18. The summed E-state index contributed by atoms with van der Waals surface area (Å²) in [6.07, 6.45) is 0. The molecule has 0 fully saturated rings. The van der Waals surface area contributed by atoms with Crippen LogP contribution < -0.4 is 0 Å². The minimum Gasteiger partial charge on any atom is -0.506 e. The van der Waals surface area contributed by atoms with E-state index < -0.39 is 5.97 Å². The van der Waals surface area contributed by atoms with Gasteiger partial charge in [0.2, 0.25) is 0 Å². The van der Waals surface area contributed by atoms with Crippen molar-refractivity contribution >= 4 is 69.7 Å². The first-order valence-electron chi connectivity index (χ1n) is 6.95. The maximum Gasteiger partial charge on any atom is 0.317 e. The van der Waals surface area contributed by atoms with Crippen molar-refractivity contribution in [2.45, 2.75) is 13.1 Å². The molecule has 0 amide bonds. The molecule has 0 aromatic heterocycles. The standard InChI is InChI=1S/C16H13Br4NO4/c17-10-1-8(15(24)12(19)3-10)5-21(7-14(22)23)6-9-2-11(18)4-13(20)16(9)25/h1-4,24-25H,5-7H2,(H,22,23). The number of nitrogens with zero attached hydrogens (tertiary/aromatic N) is 1. The van der Waals surface area contributed by atoms with Gasteiger partial charge in [-0.2, -0.15) is 0 Å². The molecular weight excluding hydrogens is 590 g/mol. The van der Waals surface area contributed by atoms with Crippen molar-refractivity contribution in [3.63, 3.8) is 0 Å². The predicted octanol–water partition coefficient (Wildman–Crippen LogP) is 5.23. The minimum absolute atomic E-state index is 0.0539. The van der Waals surface area contributed by atoms with Gasteiger partial charge < -0.3 is 15.3 Å². The number of hydrogen-bond acceptors (Lipinski definition) is 4. The third-order valence-electron chi connectivity index (χ3n) is 3.36. The number of carboxylic acid groups (broad SMARTS) is 1. The second-order valence-electron chi connectivity index (χ2n) is 5.33. The lowest BCUT2D eigenvalue weighted by molar-refractivity contribution is -0.138. The first-order valence-corrected chi connectivity index (χ1v) is 10.1. The van der Waals surface area contributed by atoms with Crippen LogP contribution in [0.4, 0.5) is 0 Å². The van der Waals surface area contributed by atoms with Crippen LogP contribution >= 0.6 is 63.7 Å². The summed E-state index contributed by atoms with van der Waals surface area (Å²) in [7, 11) is 0. The van der Waals surface area contributed by atoms with E-state index in [1.165, 1.54) is 0 Å². The lowest BCUT2D eigenvalue weighted by atomic mass is 10.1. The van der Waals surface area contributed by atoms with Gasteiger partial charge in [0.25, 0.3) is 0 Å². The van der Waals surface area contributed by atoms with E-state index in [4.69, 9.17) is 0 Å². The Hall–Kier alpha value is -0.610. The number of aliphatic carboxylic acids is 1. The molecule has 0 spiro atoms. The van der Waals surface area contributed by atoms with Gasteiger partial charge >= 0.3 is 5.97 Å². The molecule has 2 rings (SSSR count). The highest BCUT2D eigenvalue weighted by atomic mass is 79.9. The summed E-state index contributed by atoms with van der Waals surface area (Å²) in [4.78, 5) is 12.8. The van der Waals surface area contributed by atoms with Crippen molar-refractivity contribution < 1.29 is 20.1 Å². The lowest BCUT2D eigenvalue weighted by Gasteiger charge is -2.22. The average Bonchev–Trinajstić information content (AvgIpc) is 2.48. The largest absolute Gasteiger partial charge is 0.506 e. The molecule has 2 aromatic rings. The Morgan fingerprint density at radius 3 is 1.60 bits per heavy atom. The molecular formula is C16H13Br4NO4. The fourth-order valence-corrected chi connectivity index (χ4v) is 4.95. The summed E-state index contributed by atoms with van der Waals surface area (Å²) in [5.74, 6) is -0.890. The second-order valence-corrected chi connectivity index (χ2v) is 8.87. The Morgan fingerprint density at radius 2 is 1.24 bits per heavy atom. The van der Waals surface area contributed by atoms with Gasteiger partial charge in [-0.3, -0.25) is 9.69 Å². The molecule has 9 heteroatoms. The number of phenols is 2. The molecule has 0 heterocycles. The van der Waals surface area contributed by atoms with Crippen LogP contribution in [0, 0.1) is 0 Å². The van der Waals surface area contributed by atoms with E-state index in [1.54, 1.807) is 29.2 Å². The molecule has 25 heavy (non-hydrogen) atoms. The third kappa shape index (κ3) is 5.68. The lowest BCUT2D eigenvalue weighted by Crippen LogP contribution is -2.29. The van der Waals surface area contributed by atoms with Crippen LogP contribution in [0.25, 0.3) is 0 Å². The molecule has 0 aliphatic rings. The molecule has 0 radical (unpaired) electrons. The van der Waals surface area contributed by atoms with Gasteiger partial charge in [0.1, 0.15) is 11.5 Å². The van der Waals surface area contributed by atoms with Gasteiger partial charge in [0.15, 0.2) is 0 Å². The van der Waals surface area contributed by atoms with Crippen LogP contribution in [-0.4, -0.2) is 32.7 Å². The van der Waals surface area contributed by atoms with E-state index in [1.807, 2.05) is 0 Å². The Kier molecular flexibility index (Phi) is 7.33. The molecule has 0 saturated carbocycles. The second kappa shape index (κ2) is 8.85. The fourth-order valence-electron chi connectivity index (χ4n) is 2.32. The Morgan fingerprint density at radius 1 is 0.840 bits per heavy atom. The molecule has 0 atom stereocenters. The van der Waals surface area contributed by atoms with Gasteiger partial charge in [0, 0.05) is 33.2 Å². The number of benzene rings is 2. The zero-order chi connectivity index (χ0) is 18.7. The maximum absolute atomic E-state index is 11.2. The average molecular weight is 603 g/mol. The van der Waals surface area contributed by atoms with Gasteiger partial charge in [-0.15, -0.1) is 0 Å². The van der Waals surface area contributed by atoms with E-state index in [-0.39, 0.29) is 31.1 Å². The van der Waals surface area contributed by atoms with E-state index in [0.29, 0.717) is 20.1 Å². The quantitative estimate of drug-likeness (QED) is 0.422. The number of carbonyl (C=O) groups is 1. The van der Waals surface area contributed by atoms with Gasteiger partial charge in [-0.1, -0.05) is 31.9 Å². The number of rotatable bonds is 6. The van der Waals surface area contributed by atoms with E-state index >= 15 is 0 Å². The number of phenolic OH excluding ortho intramolecular Hbond substituents is 2. The summed E-state index contributed by atoms with van der Waals surface area (Å²) >= 11 is 13.3. The van der Waals surface area contributed by atoms with Gasteiger partial charge in [-0.05, 0) is 56.1 Å². The Balaban J connectivity index is 2.33. The molecule has 2 aromatic carbocycles. The molecule has 134 valence electrons. The molecule has 0 unspecified atom stereocenters. The van der Waals surface area contributed by atoms with E-state index in [2.05, 4.69) is 63.7 Å². The highest BCUT2D eigenvalue weighted by molar-refractivity contribution is 9.11. The smallest absolute Gasteiger partial charge is 0.317 e. The SMILES string of the molecule is O=C(O)CN(Cc1cc(Br)cc(Br)c1O)Cc1cc(Br)cc(Br)c1O. The van der Waals surface area contributed by atoms with Crippen LogP contribution in [0.3, 0.4) is 0 Å². The molecule has 3 N–H and O–H groups in total. The molecule has 0 bridgehead atoms. The van der Waals surface area contributed by atoms with Crippen LogP contribution in [0.1, 0.15) is 11.1 Å². The van der Waals surface area contributed by atoms with Crippen LogP contribution in [0.15, 0.2) is 42.2 Å². The van der Waals surface area contributed by atoms with E-state index in [9.17, 15) is 20.1 Å². The van der Waals surface area contributed by atoms with Crippen LogP contribution in [0.2, 0.25) is 0 Å². The summed E-state index contributed by atoms with van der Waals surface area (Å²) in [6.45, 7) is 0.145. The topological polar surface area (TPSA) is 81.0 Å². The molecule has 0 aliphatic carbocycles. The Bertz CT molecular complexity index is 754. The minimum atomic E-state index is -0.998. The number of carboxylic acids is 1. The number of hydrogen-bond donors (Lipinski definition) is 3. The van der Waals surface area contributed by atoms with Gasteiger partial charge in [0.05, 0.1) is 15.5 Å². The molecule has 0 aliphatic heterocycles. The van der Waals surface area contributed by atoms with Crippen molar-refractivity contribution in [3.8, 4) is 11.5 Å². The normalized spacial score (nSPS) is 11.1. The van der Waals surface area contributed by atoms with Gasteiger partial charge in [-0.25, -0.2) is 0 Å². The fraction of sp³-hybridized carbons (Fsp3) is 0.188. The first kappa shape index (κ1) is 20.7. The van der Waals surface area contributed by atoms with Crippen molar-refractivity contribution in [1.29, 1.82) is 0 Å². The van der Waals surface area contributed by atoms with Crippen LogP contribution in [0.5, 0.6) is 11.5 Å². The molecule has 0 saturated heterocycles. The highest BCUT2D eigenvalue weighted by Crippen LogP contribution is 2.35. The maximum atomic E-state index is 11.2. The monoisotopic (exact) mass is 599 g/mol. The van der Waals surface area contributed by atoms with Crippen molar-refractivity contribution in [1.82, 2.24) is 4.90 Å². The first-order chi connectivity index (χ1) is 11.7. The van der Waals surface area contributed by atoms with Crippen molar-refractivity contribution in [2.75, 3.05) is 6.54 Å². The number of aromatic hydroxyl groups is 2. The number of halogens is 4.